The lowest BCUT2D eigenvalue weighted by Crippen LogP contribution is -2.27. The third kappa shape index (κ3) is 2.82. The first-order valence-corrected chi connectivity index (χ1v) is 5.75. The van der Waals surface area contributed by atoms with Gasteiger partial charge in [-0.25, -0.2) is 0 Å². The zero-order valence-electron chi connectivity index (χ0n) is 10.7. The van der Waals surface area contributed by atoms with E-state index < -0.39 is 11.8 Å². The summed E-state index contributed by atoms with van der Waals surface area (Å²) in [6.45, 7) is 3.18. The smallest absolute Gasteiger partial charge is 0.293 e. The maximum Gasteiger partial charge on any atom is 0.293 e. The first kappa shape index (κ1) is 12.9. The number of amides is 2. The number of aryl methyl sites for hydroxylation is 1. The summed E-state index contributed by atoms with van der Waals surface area (Å²) in [5, 5.41) is 2.15. The molecule has 2 amide bonds. The Bertz CT molecular complexity index is 644. The fraction of sp³-hybridized carbons (Fsp3) is 0.143. The Morgan fingerprint density at radius 1 is 1.21 bits per heavy atom. The van der Waals surface area contributed by atoms with Crippen molar-refractivity contribution in [2.75, 3.05) is 5.73 Å². The molecule has 19 heavy (non-hydrogen) atoms. The van der Waals surface area contributed by atoms with E-state index in [1.165, 1.54) is 13.0 Å². The van der Waals surface area contributed by atoms with Crippen LogP contribution in [0.2, 0.25) is 0 Å². The Hall–Kier alpha value is -2.56. The maximum absolute atomic E-state index is 11.6. The molecule has 2 rings (SSSR count). The molecule has 0 atom stereocenters. The van der Waals surface area contributed by atoms with Gasteiger partial charge in [0.05, 0.1) is 0 Å². The van der Waals surface area contributed by atoms with Gasteiger partial charge in [-0.2, -0.15) is 0 Å². The van der Waals surface area contributed by atoms with Crippen LogP contribution in [0.25, 0.3) is 11.3 Å². The molecule has 3 N–H and O–H groups in total. The number of nitrogens with two attached hydrogens (primary N) is 1. The largest absolute Gasteiger partial charge is 0.451 e. The number of benzene rings is 1. The highest BCUT2D eigenvalue weighted by atomic mass is 16.4. The van der Waals surface area contributed by atoms with Crippen LogP contribution in [-0.4, -0.2) is 11.8 Å². The summed E-state index contributed by atoms with van der Waals surface area (Å²) in [7, 11) is 0. The molecule has 1 heterocycles. The molecule has 0 aliphatic heterocycles. The second kappa shape index (κ2) is 4.97. The lowest BCUT2D eigenvalue weighted by atomic mass is 10.1. The predicted octanol–water partition coefficient (Wildman–Crippen LogP) is 2.11. The third-order valence-electron chi connectivity index (χ3n) is 2.68. The van der Waals surface area contributed by atoms with Gasteiger partial charge in [-0.05, 0) is 30.7 Å². The van der Waals surface area contributed by atoms with E-state index in [0.717, 1.165) is 11.1 Å². The Morgan fingerprint density at radius 3 is 2.58 bits per heavy atom. The van der Waals surface area contributed by atoms with Crippen molar-refractivity contribution in [3.8, 4) is 11.3 Å². The highest BCUT2D eigenvalue weighted by Crippen LogP contribution is 2.25. The number of carbonyl (C=O) groups is 2. The number of imide groups is 1. The quantitative estimate of drug-likeness (QED) is 0.808. The number of anilines is 1. The molecule has 5 nitrogen and oxygen atoms in total. The third-order valence-corrected chi connectivity index (χ3v) is 2.68. The normalized spacial score (nSPS) is 10.2. The Balaban J connectivity index is 2.27. The second-order valence-corrected chi connectivity index (χ2v) is 4.25. The van der Waals surface area contributed by atoms with E-state index in [-0.39, 0.29) is 5.76 Å². The van der Waals surface area contributed by atoms with Crippen LogP contribution in [0.15, 0.2) is 34.7 Å². The number of nitrogen functional groups attached to an aromatic ring is 1. The van der Waals surface area contributed by atoms with Crippen LogP contribution in [0.5, 0.6) is 0 Å². The van der Waals surface area contributed by atoms with Crippen molar-refractivity contribution in [1.82, 2.24) is 5.32 Å². The van der Waals surface area contributed by atoms with Crippen LogP contribution in [0, 0.1) is 6.92 Å². The molecular formula is C14H14N2O3. The van der Waals surface area contributed by atoms with Crippen LogP contribution in [0.1, 0.15) is 23.0 Å². The van der Waals surface area contributed by atoms with Crippen molar-refractivity contribution < 1.29 is 14.0 Å². The van der Waals surface area contributed by atoms with Gasteiger partial charge in [0.15, 0.2) is 5.76 Å². The Morgan fingerprint density at radius 2 is 1.95 bits per heavy atom. The van der Waals surface area contributed by atoms with E-state index >= 15 is 0 Å². The number of hydrogen-bond donors (Lipinski definition) is 2. The van der Waals surface area contributed by atoms with Crippen molar-refractivity contribution >= 4 is 17.5 Å². The standard InChI is InChI=1S/C14H14N2O3/c1-8-3-4-10(7-11(8)15)12-5-6-13(19-12)14(18)16-9(2)17/h3-7H,15H2,1-2H3,(H,16,17,18). The Labute approximate surface area is 110 Å². The van der Waals surface area contributed by atoms with Gasteiger partial charge in [0.2, 0.25) is 5.91 Å². The van der Waals surface area contributed by atoms with E-state index in [1.54, 1.807) is 12.1 Å². The summed E-state index contributed by atoms with van der Waals surface area (Å²) >= 11 is 0. The molecular weight excluding hydrogens is 244 g/mol. The minimum absolute atomic E-state index is 0.0874. The van der Waals surface area contributed by atoms with Crippen LogP contribution < -0.4 is 11.1 Å². The zero-order valence-corrected chi connectivity index (χ0v) is 10.7. The van der Waals surface area contributed by atoms with E-state index in [1.807, 2.05) is 19.1 Å². The van der Waals surface area contributed by atoms with Gasteiger partial charge in [-0.3, -0.25) is 14.9 Å². The Kier molecular flexibility index (Phi) is 3.37. The van der Waals surface area contributed by atoms with Crippen molar-refractivity contribution in [2.45, 2.75) is 13.8 Å². The van der Waals surface area contributed by atoms with Crippen molar-refractivity contribution in [1.29, 1.82) is 0 Å². The second-order valence-electron chi connectivity index (χ2n) is 4.25. The van der Waals surface area contributed by atoms with Gasteiger partial charge >= 0.3 is 0 Å². The number of carbonyl (C=O) groups excluding carboxylic acids is 2. The lowest BCUT2D eigenvalue weighted by Gasteiger charge is -2.02. The summed E-state index contributed by atoms with van der Waals surface area (Å²) < 4.78 is 5.41. The van der Waals surface area contributed by atoms with Gasteiger partial charge in [-0.15, -0.1) is 0 Å². The van der Waals surface area contributed by atoms with E-state index in [4.69, 9.17) is 10.2 Å². The molecule has 0 saturated heterocycles. The molecule has 98 valence electrons. The fourth-order valence-electron chi connectivity index (χ4n) is 1.63. The summed E-state index contributed by atoms with van der Waals surface area (Å²) in [5.41, 5.74) is 8.24. The first-order valence-electron chi connectivity index (χ1n) is 5.75. The minimum Gasteiger partial charge on any atom is -0.451 e. The number of furan rings is 1. The van der Waals surface area contributed by atoms with Gasteiger partial charge in [0.1, 0.15) is 5.76 Å². The lowest BCUT2D eigenvalue weighted by molar-refractivity contribution is -0.118. The van der Waals surface area contributed by atoms with E-state index in [2.05, 4.69) is 5.32 Å². The minimum atomic E-state index is -0.557. The average Bonchev–Trinajstić information content (AvgIpc) is 2.81. The SMILES string of the molecule is CC(=O)NC(=O)c1ccc(-c2ccc(C)c(N)c2)o1. The number of nitrogens with one attached hydrogen (secondary N) is 1. The predicted molar refractivity (Wildman–Crippen MR) is 71.4 cm³/mol. The van der Waals surface area contributed by atoms with Gasteiger partial charge in [0, 0.05) is 18.2 Å². The molecule has 2 aromatic rings. The number of hydrogen-bond acceptors (Lipinski definition) is 4. The zero-order chi connectivity index (χ0) is 14.0. The number of rotatable bonds is 2. The topological polar surface area (TPSA) is 85.3 Å². The van der Waals surface area contributed by atoms with Crippen LogP contribution in [0.4, 0.5) is 5.69 Å². The van der Waals surface area contributed by atoms with Gasteiger partial charge in [-0.1, -0.05) is 12.1 Å². The molecule has 0 spiro atoms. The van der Waals surface area contributed by atoms with Crippen LogP contribution in [0.3, 0.4) is 0 Å². The molecule has 0 radical (unpaired) electrons. The summed E-state index contributed by atoms with van der Waals surface area (Å²) in [4.78, 5) is 22.4. The monoisotopic (exact) mass is 258 g/mol. The van der Waals surface area contributed by atoms with Crippen molar-refractivity contribution in [3.05, 3.63) is 41.7 Å². The molecule has 0 fully saturated rings. The molecule has 0 unspecified atom stereocenters. The highest BCUT2D eigenvalue weighted by Gasteiger charge is 2.13. The van der Waals surface area contributed by atoms with Crippen molar-refractivity contribution in [3.63, 3.8) is 0 Å². The molecule has 0 aliphatic rings. The summed E-state index contributed by atoms with van der Waals surface area (Å²) in [6.07, 6.45) is 0. The molecule has 1 aromatic heterocycles. The van der Waals surface area contributed by atoms with Crippen LogP contribution >= 0.6 is 0 Å². The van der Waals surface area contributed by atoms with Crippen molar-refractivity contribution in [2.24, 2.45) is 0 Å². The fourth-order valence-corrected chi connectivity index (χ4v) is 1.63. The molecule has 0 bridgehead atoms. The van der Waals surface area contributed by atoms with E-state index in [9.17, 15) is 9.59 Å². The molecule has 1 aromatic carbocycles. The van der Waals surface area contributed by atoms with Crippen LogP contribution in [-0.2, 0) is 4.79 Å². The molecule has 5 heteroatoms. The summed E-state index contributed by atoms with van der Waals surface area (Å²) in [5.74, 6) is -0.369. The first-order chi connectivity index (χ1) is 8.97. The molecule has 0 aliphatic carbocycles. The molecule has 0 saturated carbocycles. The van der Waals surface area contributed by atoms with E-state index in [0.29, 0.717) is 11.4 Å². The maximum atomic E-state index is 11.6. The van der Waals surface area contributed by atoms with Gasteiger partial charge in [0.25, 0.3) is 5.91 Å². The van der Waals surface area contributed by atoms with Gasteiger partial charge < -0.3 is 10.2 Å². The average molecular weight is 258 g/mol. The summed E-state index contributed by atoms with van der Waals surface area (Å²) in [6, 6.07) is 8.70. The highest BCUT2D eigenvalue weighted by molar-refractivity contribution is 6.02.